The zero-order valence-electron chi connectivity index (χ0n) is 16.4. The maximum absolute atomic E-state index is 4.74. The second kappa shape index (κ2) is 8.12. The van der Waals surface area contributed by atoms with Crippen LogP contribution < -0.4 is 4.83 Å². The van der Waals surface area contributed by atoms with Gasteiger partial charge in [-0.05, 0) is 74.5 Å². The number of hydrogen-bond acceptors (Lipinski definition) is 3. The molecule has 3 fully saturated rings. The number of rotatable bonds is 2. The predicted molar refractivity (Wildman–Crippen MR) is 120 cm³/mol. The van der Waals surface area contributed by atoms with Crippen molar-refractivity contribution in [3.63, 3.8) is 0 Å². The normalized spacial score (nSPS) is 44.0. The molecule has 5 unspecified atom stereocenters. The van der Waals surface area contributed by atoms with E-state index in [-0.39, 0.29) is 0 Å². The summed E-state index contributed by atoms with van der Waals surface area (Å²) in [4.78, 5) is 3.15. The van der Waals surface area contributed by atoms with Gasteiger partial charge < -0.3 is 0 Å². The summed E-state index contributed by atoms with van der Waals surface area (Å²) in [6.07, 6.45) is 15.1. The number of hydrazone groups is 1. The summed E-state index contributed by atoms with van der Waals surface area (Å²) in [7, 11) is 1.59. The predicted octanol–water partition coefficient (Wildman–Crippen LogP) is 7.31. The molecule has 0 saturated heterocycles. The van der Waals surface area contributed by atoms with Gasteiger partial charge >= 0.3 is 0 Å². The first-order chi connectivity index (χ1) is 12.1. The van der Waals surface area contributed by atoms with Crippen LogP contribution in [0, 0.1) is 28.6 Å². The lowest BCUT2D eigenvalue weighted by Gasteiger charge is -2.56. The van der Waals surface area contributed by atoms with E-state index in [9.17, 15) is 0 Å². The van der Waals surface area contributed by atoms with Gasteiger partial charge in [0.15, 0.2) is 0 Å². The Kier molecular flexibility index (Phi) is 6.50. The van der Waals surface area contributed by atoms with Crippen LogP contribution in [0.25, 0.3) is 0 Å². The van der Waals surface area contributed by atoms with E-state index in [0.29, 0.717) is 10.8 Å². The van der Waals surface area contributed by atoms with Crippen molar-refractivity contribution < 1.29 is 0 Å². The Hall–Kier alpha value is 0.290. The van der Waals surface area contributed by atoms with E-state index in [1.165, 1.54) is 63.5 Å². The molecule has 2 nitrogen and oxygen atoms in total. The molecule has 0 aromatic heterocycles. The molecule has 5 atom stereocenters. The molecule has 4 rings (SSSR count). The number of allylic oxidation sites excluding steroid dienone is 2. The molecule has 4 aliphatic carbocycles. The Balaban J connectivity index is 0.000000880. The maximum Gasteiger partial charge on any atom is 0.0450 e. The maximum atomic E-state index is 4.74. The highest BCUT2D eigenvalue weighted by atomic mass is 127. The van der Waals surface area contributed by atoms with Crippen LogP contribution in [0.2, 0.25) is 0 Å². The Morgan fingerprint density at radius 2 is 1.84 bits per heavy atom. The summed E-state index contributed by atoms with van der Waals surface area (Å²) in [5.41, 5.74) is 4.16. The highest BCUT2D eigenvalue weighted by Crippen LogP contribution is 2.64. The van der Waals surface area contributed by atoms with Crippen LogP contribution in [0.5, 0.6) is 0 Å². The minimum atomic E-state index is 0.358. The zero-order chi connectivity index (χ0) is 18.1. The van der Waals surface area contributed by atoms with Gasteiger partial charge in [0, 0.05) is 41.5 Å². The molecule has 0 aromatic carbocycles. The third-order valence-corrected chi connectivity index (χ3v) is 8.72. The summed E-state index contributed by atoms with van der Waals surface area (Å²) < 4.78 is 0. The van der Waals surface area contributed by atoms with Gasteiger partial charge in [-0.15, -0.1) is 0 Å². The largest absolute Gasteiger partial charge is 0.242 e. The SMILES string of the molecule is CC.CC12CCCCC1=CCC1C2CCC2(C)/C(=N/NSI)CCC12. The van der Waals surface area contributed by atoms with E-state index in [1.54, 1.807) is 9.12 Å². The lowest BCUT2D eigenvalue weighted by atomic mass is 9.48. The Bertz CT molecular complexity index is 546. The van der Waals surface area contributed by atoms with Gasteiger partial charge in [0.25, 0.3) is 0 Å². The second-order valence-corrected chi connectivity index (χ2v) is 10.3. The molecule has 1 N–H and O–H groups in total. The summed E-state index contributed by atoms with van der Waals surface area (Å²) in [5.74, 6) is 2.70. The van der Waals surface area contributed by atoms with Gasteiger partial charge in [0.1, 0.15) is 0 Å². The monoisotopic (exact) mass is 474 g/mol. The second-order valence-electron chi connectivity index (χ2n) is 8.69. The van der Waals surface area contributed by atoms with Crippen LogP contribution in [-0.2, 0) is 0 Å². The highest BCUT2D eigenvalue weighted by molar-refractivity contribution is 14.2. The van der Waals surface area contributed by atoms with Crippen LogP contribution in [0.1, 0.15) is 85.5 Å². The van der Waals surface area contributed by atoms with Crippen LogP contribution in [0.15, 0.2) is 16.8 Å². The molecule has 0 aromatic rings. The van der Waals surface area contributed by atoms with Crippen molar-refractivity contribution >= 4 is 36.0 Å². The average Bonchev–Trinajstić information content (AvgIpc) is 2.97. The van der Waals surface area contributed by atoms with E-state index < -0.39 is 0 Å². The highest BCUT2D eigenvalue weighted by Gasteiger charge is 2.57. The lowest BCUT2D eigenvalue weighted by molar-refractivity contribution is -0.00622. The minimum Gasteiger partial charge on any atom is -0.242 e. The fourth-order valence-corrected chi connectivity index (χ4v) is 7.18. The number of nitrogens with zero attached hydrogens (tertiary/aromatic N) is 1. The molecule has 3 saturated carbocycles. The molecule has 0 radical (unpaired) electrons. The molecule has 0 aliphatic heterocycles. The van der Waals surface area contributed by atoms with Gasteiger partial charge in [-0.2, -0.15) is 5.10 Å². The standard InChI is InChI=1S/C19H29IN2S.C2H6/c1-18-11-4-3-5-13(18)6-7-14-15-8-9-17(21-22-23-20)19(15,2)12-10-16(14)18;1-2/h6,14-16,22H,3-5,7-12H2,1-2H3;1-2H3/b21-17+;. The third kappa shape index (κ3) is 3.32. The first kappa shape index (κ1) is 20.0. The minimum absolute atomic E-state index is 0.358. The van der Waals surface area contributed by atoms with Crippen molar-refractivity contribution in [3.8, 4) is 0 Å². The molecule has 25 heavy (non-hydrogen) atoms. The van der Waals surface area contributed by atoms with Gasteiger partial charge in [0.2, 0.25) is 0 Å². The van der Waals surface area contributed by atoms with Crippen molar-refractivity contribution in [2.24, 2.45) is 33.7 Å². The first-order valence-electron chi connectivity index (χ1n) is 10.4. The quantitative estimate of drug-likeness (QED) is 0.196. The first-order valence-corrected chi connectivity index (χ1v) is 13.7. The van der Waals surface area contributed by atoms with Gasteiger partial charge in [0.05, 0.1) is 0 Å². The third-order valence-electron chi connectivity index (χ3n) is 7.97. The Morgan fingerprint density at radius 1 is 1.08 bits per heavy atom. The number of halogens is 1. The Morgan fingerprint density at radius 3 is 2.60 bits per heavy atom. The van der Waals surface area contributed by atoms with Gasteiger partial charge in [-0.1, -0.05) is 45.8 Å². The van der Waals surface area contributed by atoms with Crippen molar-refractivity contribution in [2.45, 2.75) is 85.5 Å². The van der Waals surface area contributed by atoms with Crippen LogP contribution in [0.3, 0.4) is 0 Å². The molecule has 0 heterocycles. The van der Waals surface area contributed by atoms with Crippen LogP contribution in [0.4, 0.5) is 0 Å². The van der Waals surface area contributed by atoms with Crippen LogP contribution in [-0.4, -0.2) is 5.71 Å². The van der Waals surface area contributed by atoms with Crippen molar-refractivity contribution in [3.05, 3.63) is 11.6 Å². The molecule has 0 spiro atoms. The molecule has 4 aliphatic rings. The number of fused-ring (bicyclic) bond motifs is 5. The number of hydrogen-bond donors (Lipinski definition) is 1. The van der Waals surface area contributed by atoms with E-state index in [2.05, 4.69) is 46.0 Å². The summed E-state index contributed by atoms with van der Waals surface area (Å²) in [6.45, 7) is 9.12. The van der Waals surface area contributed by atoms with E-state index in [4.69, 9.17) is 5.10 Å². The van der Waals surface area contributed by atoms with Crippen molar-refractivity contribution in [1.29, 1.82) is 0 Å². The molecule has 0 amide bonds. The van der Waals surface area contributed by atoms with E-state index in [1.807, 2.05) is 19.4 Å². The van der Waals surface area contributed by atoms with Crippen molar-refractivity contribution in [2.75, 3.05) is 0 Å². The summed E-state index contributed by atoms with van der Waals surface area (Å²) in [6, 6.07) is 0. The summed E-state index contributed by atoms with van der Waals surface area (Å²) in [5, 5.41) is 4.74. The van der Waals surface area contributed by atoms with E-state index in [0.717, 1.165) is 17.8 Å². The van der Waals surface area contributed by atoms with E-state index >= 15 is 0 Å². The average molecular weight is 474 g/mol. The molecule has 4 heteroatoms. The molecule has 0 bridgehead atoms. The summed E-state index contributed by atoms with van der Waals surface area (Å²) >= 11 is 2.27. The van der Waals surface area contributed by atoms with Gasteiger partial charge in [-0.3, -0.25) is 0 Å². The molecule has 142 valence electrons. The molecular formula is C21H35IN2S. The fraction of sp³-hybridized carbons (Fsp3) is 0.857. The zero-order valence-corrected chi connectivity index (χ0v) is 19.4. The fourth-order valence-electron chi connectivity index (χ4n) is 6.74. The van der Waals surface area contributed by atoms with Crippen LogP contribution >= 0.6 is 30.3 Å². The number of nitrogens with one attached hydrogen (secondary N) is 1. The smallest absolute Gasteiger partial charge is 0.0450 e. The lowest BCUT2D eigenvalue weighted by Crippen LogP contribution is -2.49. The topological polar surface area (TPSA) is 24.4 Å². The van der Waals surface area contributed by atoms with Crippen molar-refractivity contribution in [1.82, 2.24) is 4.83 Å². The van der Waals surface area contributed by atoms with Gasteiger partial charge in [-0.25, -0.2) is 4.83 Å². The Labute approximate surface area is 171 Å². The molecular weight excluding hydrogens is 439 g/mol.